The summed E-state index contributed by atoms with van der Waals surface area (Å²) in [4.78, 5) is 3.96. The highest BCUT2D eigenvalue weighted by Crippen LogP contribution is 2.22. The van der Waals surface area contributed by atoms with Gasteiger partial charge in [0.25, 0.3) is 10.0 Å². The van der Waals surface area contributed by atoms with Gasteiger partial charge in [0.05, 0.1) is 6.61 Å². The summed E-state index contributed by atoms with van der Waals surface area (Å²) >= 11 is 1.09. The number of aliphatic hydroxyl groups excluding tert-OH is 1. The van der Waals surface area contributed by atoms with E-state index in [1.54, 1.807) is 30.8 Å². The smallest absolute Gasteiger partial charge is 0.250 e. The molecule has 0 aliphatic rings. The number of hydrogen-bond donors (Lipinski definition) is 2. The van der Waals surface area contributed by atoms with Crippen molar-refractivity contribution in [1.82, 2.24) is 9.71 Å². The third kappa shape index (κ3) is 3.38. The van der Waals surface area contributed by atoms with Gasteiger partial charge in [0, 0.05) is 18.4 Å². The molecule has 0 saturated carbocycles. The second-order valence-corrected chi connectivity index (χ2v) is 6.91. The molecule has 2 aromatic rings. The fraction of sp³-hybridized carbons (Fsp3) is 0.250. The molecule has 19 heavy (non-hydrogen) atoms. The topological polar surface area (TPSA) is 79.3 Å². The van der Waals surface area contributed by atoms with E-state index in [1.165, 1.54) is 6.07 Å². The van der Waals surface area contributed by atoms with Gasteiger partial charge in [0.2, 0.25) is 0 Å². The van der Waals surface area contributed by atoms with Crippen LogP contribution < -0.4 is 4.72 Å². The highest BCUT2D eigenvalue weighted by atomic mass is 32.2. The molecule has 5 nitrogen and oxygen atoms in total. The molecule has 0 aliphatic heterocycles. The Kier molecular flexibility index (Phi) is 4.31. The summed E-state index contributed by atoms with van der Waals surface area (Å²) < 4.78 is 27.1. The van der Waals surface area contributed by atoms with E-state index < -0.39 is 10.0 Å². The van der Waals surface area contributed by atoms with Crippen molar-refractivity contribution in [2.75, 3.05) is 0 Å². The average Bonchev–Trinajstić information content (AvgIpc) is 2.89. The molecule has 0 saturated heterocycles. The first kappa shape index (κ1) is 14.1. The minimum atomic E-state index is -3.57. The highest BCUT2D eigenvalue weighted by Gasteiger charge is 2.20. The number of aliphatic hydroxyl groups is 1. The Bertz CT molecular complexity index is 638. The predicted molar refractivity (Wildman–Crippen MR) is 73.2 cm³/mol. The van der Waals surface area contributed by atoms with Gasteiger partial charge < -0.3 is 5.11 Å². The number of rotatable bonds is 5. The maximum Gasteiger partial charge on any atom is 0.250 e. The summed E-state index contributed by atoms with van der Waals surface area (Å²) in [5, 5.41) is 10.6. The molecular formula is C12H14N2O3S2. The molecule has 2 rings (SSSR count). The van der Waals surface area contributed by atoms with E-state index in [0.717, 1.165) is 16.9 Å². The van der Waals surface area contributed by atoms with Gasteiger partial charge in [-0.2, -0.15) is 0 Å². The molecule has 1 unspecified atom stereocenters. The Morgan fingerprint density at radius 2 is 2.32 bits per heavy atom. The molecule has 0 aromatic carbocycles. The van der Waals surface area contributed by atoms with E-state index in [4.69, 9.17) is 5.11 Å². The average molecular weight is 298 g/mol. The Morgan fingerprint density at radius 3 is 2.89 bits per heavy atom. The van der Waals surface area contributed by atoms with Crippen LogP contribution in [0.1, 0.15) is 24.1 Å². The third-order valence-electron chi connectivity index (χ3n) is 2.59. The van der Waals surface area contributed by atoms with Crippen LogP contribution in [-0.2, 0) is 16.6 Å². The maximum absolute atomic E-state index is 12.1. The van der Waals surface area contributed by atoms with Gasteiger partial charge in [-0.05, 0) is 35.6 Å². The van der Waals surface area contributed by atoms with Crippen molar-refractivity contribution in [1.29, 1.82) is 0 Å². The van der Waals surface area contributed by atoms with Crippen molar-refractivity contribution >= 4 is 21.4 Å². The number of pyridine rings is 1. The Balaban J connectivity index is 2.17. The molecule has 2 heterocycles. The van der Waals surface area contributed by atoms with Crippen LogP contribution in [0.15, 0.2) is 40.2 Å². The monoisotopic (exact) mass is 298 g/mol. The van der Waals surface area contributed by atoms with Crippen molar-refractivity contribution in [3.05, 3.63) is 47.1 Å². The lowest BCUT2D eigenvalue weighted by atomic mass is 10.2. The Hall–Kier alpha value is -1.28. The molecule has 7 heteroatoms. The first-order valence-electron chi connectivity index (χ1n) is 5.63. The summed E-state index contributed by atoms with van der Waals surface area (Å²) in [5.41, 5.74) is 1.39. The second kappa shape index (κ2) is 5.79. The standard InChI is InChI=1S/C12H14N2O3S2/c1-9(11-3-2-4-13-6-11)14-19(16,17)12-5-10(7-15)8-18-12/h2-6,8-9,14-15H,7H2,1H3. The maximum atomic E-state index is 12.1. The van der Waals surface area contributed by atoms with Crippen LogP contribution in [0, 0.1) is 0 Å². The zero-order valence-electron chi connectivity index (χ0n) is 10.3. The van der Waals surface area contributed by atoms with Gasteiger partial charge in [-0.25, -0.2) is 13.1 Å². The molecular weight excluding hydrogens is 284 g/mol. The first-order chi connectivity index (χ1) is 9.03. The fourth-order valence-electron chi connectivity index (χ4n) is 1.57. The van der Waals surface area contributed by atoms with Crippen molar-refractivity contribution in [2.24, 2.45) is 0 Å². The molecule has 0 aliphatic carbocycles. The minimum absolute atomic E-state index is 0.163. The van der Waals surface area contributed by atoms with Crippen LogP contribution >= 0.6 is 11.3 Å². The Labute approximate surface area is 116 Å². The summed E-state index contributed by atoms with van der Waals surface area (Å²) in [6, 6.07) is 4.68. The molecule has 2 aromatic heterocycles. The molecule has 0 spiro atoms. The first-order valence-corrected chi connectivity index (χ1v) is 8.00. The van der Waals surface area contributed by atoms with Crippen molar-refractivity contribution in [3.63, 3.8) is 0 Å². The van der Waals surface area contributed by atoms with Crippen molar-refractivity contribution in [2.45, 2.75) is 23.8 Å². The Morgan fingerprint density at radius 1 is 1.53 bits per heavy atom. The number of aromatic nitrogens is 1. The predicted octanol–water partition coefficient (Wildman–Crippen LogP) is 1.67. The molecule has 0 bridgehead atoms. The summed E-state index contributed by atoms with van der Waals surface area (Å²) in [6.45, 7) is 1.60. The van der Waals surface area contributed by atoms with Gasteiger partial charge >= 0.3 is 0 Å². The minimum Gasteiger partial charge on any atom is -0.392 e. The molecule has 0 fully saturated rings. The SMILES string of the molecule is CC(NS(=O)(=O)c1cc(CO)cs1)c1cccnc1. The quantitative estimate of drug-likeness (QED) is 0.880. The van der Waals surface area contributed by atoms with E-state index >= 15 is 0 Å². The van der Waals surface area contributed by atoms with Gasteiger partial charge in [0.15, 0.2) is 0 Å². The van der Waals surface area contributed by atoms with Crippen LogP contribution in [0.2, 0.25) is 0 Å². The van der Waals surface area contributed by atoms with Crippen LogP contribution in [0.3, 0.4) is 0 Å². The van der Waals surface area contributed by atoms with Crippen LogP contribution in [-0.4, -0.2) is 18.5 Å². The largest absolute Gasteiger partial charge is 0.392 e. The van der Waals surface area contributed by atoms with E-state index in [9.17, 15) is 8.42 Å². The van der Waals surface area contributed by atoms with Crippen molar-refractivity contribution < 1.29 is 13.5 Å². The summed E-state index contributed by atoms with van der Waals surface area (Å²) in [6.07, 6.45) is 3.26. The zero-order valence-corrected chi connectivity index (χ0v) is 11.9. The van der Waals surface area contributed by atoms with Crippen LogP contribution in [0.25, 0.3) is 0 Å². The van der Waals surface area contributed by atoms with Crippen LogP contribution in [0.4, 0.5) is 0 Å². The molecule has 102 valence electrons. The molecule has 2 N–H and O–H groups in total. The van der Waals surface area contributed by atoms with E-state index in [-0.39, 0.29) is 16.9 Å². The normalized spacial score (nSPS) is 13.4. The van der Waals surface area contributed by atoms with Crippen LogP contribution in [0.5, 0.6) is 0 Å². The lowest BCUT2D eigenvalue weighted by Gasteiger charge is -2.13. The summed E-state index contributed by atoms with van der Waals surface area (Å²) in [5.74, 6) is 0. The van der Waals surface area contributed by atoms with E-state index in [0.29, 0.717) is 5.56 Å². The number of hydrogen-bond acceptors (Lipinski definition) is 5. The lowest BCUT2D eigenvalue weighted by molar-refractivity contribution is 0.282. The van der Waals surface area contributed by atoms with Gasteiger partial charge in [-0.3, -0.25) is 4.98 Å². The van der Waals surface area contributed by atoms with Gasteiger partial charge in [-0.1, -0.05) is 6.07 Å². The highest BCUT2D eigenvalue weighted by molar-refractivity contribution is 7.91. The zero-order chi connectivity index (χ0) is 13.9. The fourth-order valence-corrected chi connectivity index (χ4v) is 4.02. The summed E-state index contributed by atoms with van der Waals surface area (Å²) in [7, 11) is -3.57. The third-order valence-corrected chi connectivity index (χ3v) is 5.62. The van der Waals surface area contributed by atoms with Gasteiger partial charge in [-0.15, -0.1) is 11.3 Å². The number of nitrogens with one attached hydrogen (secondary N) is 1. The molecule has 1 atom stereocenters. The number of nitrogens with zero attached hydrogens (tertiary/aromatic N) is 1. The molecule has 0 radical (unpaired) electrons. The lowest BCUT2D eigenvalue weighted by Crippen LogP contribution is -2.26. The number of thiophene rings is 1. The molecule has 0 amide bonds. The second-order valence-electron chi connectivity index (χ2n) is 4.06. The van der Waals surface area contributed by atoms with E-state index in [1.807, 2.05) is 6.07 Å². The van der Waals surface area contributed by atoms with Gasteiger partial charge in [0.1, 0.15) is 4.21 Å². The number of sulfonamides is 1. The van der Waals surface area contributed by atoms with E-state index in [2.05, 4.69) is 9.71 Å². The van der Waals surface area contributed by atoms with Crippen molar-refractivity contribution in [3.8, 4) is 0 Å².